The van der Waals surface area contributed by atoms with Crippen LogP contribution in [-0.2, 0) is 20.7 Å². The van der Waals surface area contributed by atoms with Crippen LogP contribution in [0.4, 0.5) is 4.79 Å². The fraction of sp³-hybridized carbons (Fsp3) is 0.565. The first kappa shape index (κ1) is 21.8. The summed E-state index contributed by atoms with van der Waals surface area (Å²) < 4.78 is 10.8. The smallest absolute Gasteiger partial charge is 0.414 e. The van der Waals surface area contributed by atoms with E-state index in [1.165, 1.54) is 10.5 Å². The number of rotatable bonds is 7. The average Bonchev–Trinajstić information content (AvgIpc) is 3.02. The van der Waals surface area contributed by atoms with Crippen LogP contribution in [0.3, 0.4) is 0 Å². The Hall–Kier alpha value is -2.48. The van der Waals surface area contributed by atoms with E-state index < -0.39 is 17.8 Å². The third-order valence-corrected chi connectivity index (χ3v) is 4.98. The van der Waals surface area contributed by atoms with Crippen molar-refractivity contribution >= 4 is 12.1 Å². The minimum absolute atomic E-state index is 0.125. The molecule has 1 aliphatic rings. The number of carbonyl (C=O) groups excluding carboxylic acids is 2. The summed E-state index contributed by atoms with van der Waals surface area (Å²) >= 11 is 0. The molecule has 0 fully saturated rings. The van der Waals surface area contributed by atoms with Gasteiger partial charge in [-0.15, -0.1) is 6.42 Å². The molecule has 1 aromatic rings. The van der Waals surface area contributed by atoms with Gasteiger partial charge in [0.15, 0.2) is 0 Å². The molecule has 1 aromatic carbocycles. The molecule has 152 valence electrons. The lowest BCUT2D eigenvalue weighted by Crippen LogP contribution is -2.39. The molecule has 0 aromatic heterocycles. The Morgan fingerprint density at radius 2 is 1.93 bits per heavy atom. The highest BCUT2D eigenvalue weighted by atomic mass is 16.7. The molecule has 2 rings (SSSR count). The maximum Gasteiger partial charge on any atom is 0.414 e. The number of carbonyl (C=O) groups is 2. The molecule has 0 aliphatic heterocycles. The van der Waals surface area contributed by atoms with Gasteiger partial charge in [-0.05, 0) is 50.2 Å². The summed E-state index contributed by atoms with van der Waals surface area (Å²) in [7, 11) is 0. The van der Waals surface area contributed by atoms with E-state index in [-0.39, 0.29) is 18.6 Å². The van der Waals surface area contributed by atoms with Crippen molar-refractivity contribution in [3.63, 3.8) is 0 Å². The Morgan fingerprint density at radius 3 is 2.57 bits per heavy atom. The van der Waals surface area contributed by atoms with E-state index in [9.17, 15) is 9.59 Å². The van der Waals surface area contributed by atoms with Crippen LogP contribution in [0.1, 0.15) is 64.6 Å². The van der Waals surface area contributed by atoms with Gasteiger partial charge in [0.2, 0.25) is 6.29 Å². The number of hydrogen-bond acceptors (Lipinski definition) is 4. The summed E-state index contributed by atoms with van der Waals surface area (Å²) in [4.78, 5) is 26.8. The van der Waals surface area contributed by atoms with Gasteiger partial charge in [0.1, 0.15) is 0 Å². The first-order chi connectivity index (χ1) is 13.2. The van der Waals surface area contributed by atoms with Crippen LogP contribution < -0.4 is 0 Å². The van der Waals surface area contributed by atoms with Gasteiger partial charge in [0, 0.05) is 6.92 Å². The van der Waals surface area contributed by atoms with Crippen LogP contribution in [0.2, 0.25) is 0 Å². The molecular weight excluding hydrogens is 354 g/mol. The number of fused-ring (bicyclic) bond motifs is 1. The van der Waals surface area contributed by atoms with E-state index in [4.69, 9.17) is 15.9 Å². The number of ether oxygens (including phenoxy) is 2. The summed E-state index contributed by atoms with van der Waals surface area (Å²) in [6.45, 7) is 9.47. The first-order valence-corrected chi connectivity index (χ1v) is 9.85. The van der Waals surface area contributed by atoms with Gasteiger partial charge in [-0.1, -0.05) is 44.0 Å². The second-order valence-electron chi connectivity index (χ2n) is 8.42. The number of esters is 1. The number of nitrogens with zero attached hydrogens (tertiary/aromatic N) is 1. The molecule has 0 radical (unpaired) electrons. The number of aryl methyl sites for hydroxylation is 1. The predicted octanol–water partition coefficient (Wildman–Crippen LogP) is 4.71. The number of hydrogen-bond donors (Lipinski definition) is 0. The lowest BCUT2D eigenvalue weighted by molar-refractivity contribution is -0.177. The van der Waals surface area contributed by atoms with Gasteiger partial charge in [0.05, 0.1) is 18.0 Å². The zero-order valence-electron chi connectivity index (χ0n) is 17.5. The molecule has 1 aliphatic carbocycles. The fourth-order valence-corrected chi connectivity index (χ4v) is 3.91. The minimum atomic E-state index is -0.983. The first-order valence-electron chi connectivity index (χ1n) is 9.85. The van der Waals surface area contributed by atoms with Crippen molar-refractivity contribution in [2.45, 2.75) is 66.2 Å². The second kappa shape index (κ2) is 9.14. The molecule has 0 saturated heterocycles. The van der Waals surface area contributed by atoms with Crippen LogP contribution in [0.5, 0.6) is 0 Å². The molecule has 2 unspecified atom stereocenters. The zero-order chi connectivity index (χ0) is 20.9. The standard InChI is InChI=1S/C23H31NO4/c1-7-14-24(20-13-12-18-10-8-9-11-19(18)20)22(26)28-17(4)27-21(25)23(5,6)15-16(2)3/h1,8-11,16-17,20H,12-15H2,2-6H3. The van der Waals surface area contributed by atoms with Gasteiger partial charge in [0.25, 0.3) is 0 Å². The van der Waals surface area contributed by atoms with Crippen LogP contribution in [-0.4, -0.2) is 29.8 Å². The summed E-state index contributed by atoms with van der Waals surface area (Å²) in [5, 5.41) is 0. The third-order valence-electron chi connectivity index (χ3n) is 4.98. The zero-order valence-corrected chi connectivity index (χ0v) is 17.5. The van der Waals surface area contributed by atoms with E-state index in [1.54, 1.807) is 6.92 Å². The van der Waals surface area contributed by atoms with Gasteiger partial charge in [-0.2, -0.15) is 0 Å². The molecule has 5 nitrogen and oxygen atoms in total. The Bertz CT molecular complexity index is 747. The predicted molar refractivity (Wildman–Crippen MR) is 108 cm³/mol. The molecule has 0 N–H and O–H groups in total. The maximum absolute atomic E-state index is 12.8. The molecule has 28 heavy (non-hydrogen) atoms. The summed E-state index contributed by atoms with van der Waals surface area (Å²) in [5.74, 6) is 2.51. The van der Waals surface area contributed by atoms with Crippen molar-refractivity contribution < 1.29 is 19.1 Å². The topological polar surface area (TPSA) is 55.8 Å². The summed E-state index contributed by atoms with van der Waals surface area (Å²) in [6, 6.07) is 7.90. The van der Waals surface area contributed by atoms with E-state index in [2.05, 4.69) is 25.8 Å². The van der Waals surface area contributed by atoms with Crippen molar-refractivity contribution in [3.05, 3.63) is 35.4 Å². The van der Waals surface area contributed by atoms with Crippen LogP contribution in [0, 0.1) is 23.7 Å². The van der Waals surface area contributed by atoms with Crippen molar-refractivity contribution in [3.8, 4) is 12.3 Å². The molecule has 0 heterocycles. The van der Waals surface area contributed by atoms with Crippen molar-refractivity contribution in [1.82, 2.24) is 4.90 Å². The Kier molecular flexibility index (Phi) is 7.12. The quantitative estimate of drug-likeness (QED) is 0.388. The summed E-state index contributed by atoms with van der Waals surface area (Å²) in [5.41, 5.74) is 1.67. The molecule has 2 atom stereocenters. The average molecular weight is 386 g/mol. The largest absolute Gasteiger partial charge is 0.425 e. The fourth-order valence-electron chi connectivity index (χ4n) is 3.91. The van der Waals surface area contributed by atoms with Gasteiger partial charge < -0.3 is 9.47 Å². The highest BCUT2D eigenvalue weighted by Gasteiger charge is 2.34. The third kappa shape index (κ3) is 5.28. The normalized spacial score (nSPS) is 16.8. The molecule has 5 heteroatoms. The highest BCUT2D eigenvalue weighted by Crippen LogP contribution is 2.36. The van der Waals surface area contributed by atoms with Crippen molar-refractivity contribution in [1.29, 1.82) is 0 Å². The number of amides is 1. The van der Waals surface area contributed by atoms with Crippen molar-refractivity contribution in [2.24, 2.45) is 11.3 Å². The lowest BCUT2D eigenvalue weighted by atomic mass is 9.84. The number of benzene rings is 1. The van der Waals surface area contributed by atoms with Gasteiger partial charge >= 0.3 is 12.1 Å². The van der Waals surface area contributed by atoms with Crippen molar-refractivity contribution in [2.75, 3.05) is 6.54 Å². The van der Waals surface area contributed by atoms with E-state index >= 15 is 0 Å². The Balaban J connectivity index is 2.03. The van der Waals surface area contributed by atoms with E-state index in [0.29, 0.717) is 12.3 Å². The molecule has 0 spiro atoms. The SMILES string of the molecule is C#CCN(C(=O)OC(C)OC(=O)C(C)(C)CC(C)C)C1CCc2ccccc21. The Morgan fingerprint density at radius 1 is 1.25 bits per heavy atom. The molecule has 0 bridgehead atoms. The minimum Gasteiger partial charge on any atom is -0.425 e. The van der Waals surface area contributed by atoms with Crippen LogP contribution in [0.15, 0.2) is 24.3 Å². The van der Waals surface area contributed by atoms with Crippen LogP contribution in [0.25, 0.3) is 0 Å². The number of terminal acetylenes is 1. The van der Waals surface area contributed by atoms with Gasteiger partial charge in [-0.25, -0.2) is 4.79 Å². The van der Waals surface area contributed by atoms with Crippen LogP contribution >= 0.6 is 0 Å². The molecule has 0 saturated carbocycles. The Labute approximate surface area is 168 Å². The second-order valence-corrected chi connectivity index (χ2v) is 8.42. The van der Waals surface area contributed by atoms with E-state index in [1.807, 2.05) is 32.0 Å². The molecule has 1 amide bonds. The monoisotopic (exact) mass is 385 g/mol. The lowest BCUT2D eigenvalue weighted by Gasteiger charge is -2.30. The summed E-state index contributed by atoms with van der Waals surface area (Å²) in [6.07, 6.45) is 6.31. The van der Waals surface area contributed by atoms with E-state index in [0.717, 1.165) is 18.4 Å². The highest BCUT2D eigenvalue weighted by molar-refractivity contribution is 5.76. The maximum atomic E-state index is 12.8. The van der Waals surface area contributed by atoms with Gasteiger partial charge in [-0.3, -0.25) is 9.69 Å². The molecular formula is C23H31NO4.